The lowest BCUT2D eigenvalue weighted by Gasteiger charge is -2.09. The van der Waals surface area contributed by atoms with Crippen molar-refractivity contribution >= 4 is 22.9 Å². The molecule has 1 aromatic carbocycles. The van der Waals surface area contributed by atoms with Crippen molar-refractivity contribution in [2.45, 2.75) is 31.7 Å². The summed E-state index contributed by atoms with van der Waals surface area (Å²) in [5, 5.41) is 0. The number of nitrogens with zero attached hydrogens (tertiary/aromatic N) is 4. The highest BCUT2D eigenvalue weighted by Crippen LogP contribution is 2.23. The van der Waals surface area contributed by atoms with Crippen molar-refractivity contribution < 1.29 is 0 Å². The van der Waals surface area contributed by atoms with Crippen LogP contribution in [0.5, 0.6) is 0 Å². The highest BCUT2D eigenvalue weighted by molar-refractivity contribution is 7.99. The Morgan fingerprint density at radius 3 is 2.64 bits per heavy atom. The third kappa shape index (κ3) is 3.28. The Labute approximate surface area is 150 Å². The van der Waals surface area contributed by atoms with Gasteiger partial charge >= 0.3 is 5.69 Å². The summed E-state index contributed by atoms with van der Waals surface area (Å²) in [4.78, 5) is 30.4. The molecule has 0 aliphatic heterocycles. The molecule has 0 unspecified atom stereocenters. The van der Waals surface area contributed by atoms with Gasteiger partial charge in [0.25, 0.3) is 5.56 Å². The number of imidazole rings is 1. The number of hydrogen-bond acceptors (Lipinski definition) is 4. The van der Waals surface area contributed by atoms with Crippen molar-refractivity contribution in [2.24, 2.45) is 14.1 Å². The molecule has 0 fully saturated rings. The fourth-order valence-electron chi connectivity index (χ4n) is 2.96. The summed E-state index contributed by atoms with van der Waals surface area (Å²) in [7, 11) is 3.42. The quantitative estimate of drug-likeness (QED) is 0.518. The van der Waals surface area contributed by atoms with Crippen molar-refractivity contribution in [3.8, 4) is 0 Å². The van der Waals surface area contributed by atoms with Gasteiger partial charge in [0.15, 0.2) is 11.2 Å². The lowest BCUT2D eigenvalue weighted by molar-refractivity contribution is 0.594. The largest absolute Gasteiger partial charge is 0.332 e. The van der Waals surface area contributed by atoms with Gasteiger partial charge in [0.05, 0.1) is 6.33 Å². The van der Waals surface area contributed by atoms with E-state index in [2.05, 4.69) is 37.0 Å². The zero-order chi connectivity index (χ0) is 18.1. The summed E-state index contributed by atoms with van der Waals surface area (Å²) < 4.78 is 4.42. The van der Waals surface area contributed by atoms with Crippen LogP contribution in [-0.4, -0.2) is 24.4 Å². The molecule has 0 amide bonds. The lowest BCUT2D eigenvalue weighted by atomic mass is 10.2. The van der Waals surface area contributed by atoms with Crippen molar-refractivity contribution in [3.63, 3.8) is 0 Å². The molecular weight excluding hydrogens is 336 g/mol. The van der Waals surface area contributed by atoms with Crippen LogP contribution in [0.1, 0.15) is 17.5 Å². The van der Waals surface area contributed by atoms with E-state index in [-0.39, 0.29) is 11.2 Å². The van der Waals surface area contributed by atoms with Crippen molar-refractivity contribution in [3.05, 3.63) is 56.5 Å². The van der Waals surface area contributed by atoms with Crippen LogP contribution in [0.25, 0.3) is 11.2 Å². The second-order valence-corrected chi connectivity index (χ2v) is 7.43. The molecule has 0 atom stereocenters. The molecule has 0 N–H and O–H groups in total. The van der Waals surface area contributed by atoms with E-state index in [4.69, 9.17) is 0 Å². The maximum absolute atomic E-state index is 12.6. The van der Waals surface area contributed by atoms with E-state index in [9.17, 15) is 9.59 Å². The van der Waals surface area contributed by atoms with Gasteiger partial charge in [0, 0.05) is 25.5 Å². The van der Waals surface area contributed by atoms with E-state index >= 15 is 0 Å². The lowest BCUT2D eigenvalue weighted by Crippen LogP contribution is -2.39. The molecule has 0 saturated heterocycles. The van der Waals surface area contributed by atoms with Crippen LogP contribution in [0, 0.1) is 13.8 Å². The Balaban J connectivity index is 1.76. The second kappa shape index (κ2) is 6.92. The third-order valence-corrected chi connectivity index (χ3v) is 5.58. The van der Waals surface area contributed by atoms with Crippen molar-refractivity contribution in [1.29, 1.82) is 0 Å². The molecule has 0 saturated carbocycles. The Hall–Kier alpha value is -2.28. The average Bonchev–Trinajstić information content (AvgIpc) is 2.96. The SMILES string of the molecule is Cc1ccc(SCCCn2c(=O)c3c(ncn3C)n(C)c2=O)c(C)c1. The Morgan fingerprint density at radius 2 is 1.92 bits per heavy atom. The van der Waals surface area contributed by atoms with Gasteiger partial charge in [-0.05, 0) is 37.7 Å². The zero-order valence-corrected chi connectivity index (χ0v) is 15.8. The minimum Gasteiger partial charge on any atom is -0.328 e. The molecule has 3 rings (SSSR count). The van der Waals surface area contributed by atoms with Crippen molar-refractivity contribution in [2.75, 3.05) is 5.75 Å². The molecule has 2 aromatic heterocycles. The van der Waals surface area contributed by atoms with Gasteiger partial charge in [-0.1, -0.05) is 17.7 Å². The maximum Gasteiger partial charge on any atom is 0.332 e. The number of aromatic nitrogens is 4. The van der Waals surface area contributed by atoms with Crippen LogP contribution >= 0.6 is 11.8 Å². The third-order valence-electron chi connectivity index (χ3n) is 4.32. The number of hydrogen-bond donors (Lipinski definition) is 0. The van der Waals surface area contributed by atoms with Crippen LogP contribution in [0.15, 0.2) is 39.0 Å². The molecule has 132 valence electrons. The van der Waals surface area contributed by atoms with E-state index < -0.39 is 0 Å². The fourth-order valence-corrected chi connectivity index (χ4v) is 3.90. The first-order valence-electron chi connectivity index (χ1n) is 8.21. The smallest absolute Gasteiger partial charge is 0.328 e. The van der Waals surface area contributed by atoms with E-state index in [1.807, 2.05) is 0 Å². The first kappa shape index (κ1) is 17.5. The van der Waals surface area contributed by atoms with E-state index in [1.54, 1.807) is 36.8 Å². The summed E-state index contributed by atoms with van der Waals surface area (Å²) in [6.45, 7) is 4.59. The molecule has 3 aromatic rings. The summed E-state index contributed by atoms with van der Waals surface area (Å²) in [5.41, 5.74) is 2.82. The average molecular weight is 358 g/mol. The van der Waals surface area contributed by atoms with Gasteiger partial charge in [-0.25, -0.2) is 9.78 Å². The topological polar surface area (TPSA) is 61.8 Å². The van der Waals surface area contributed by atoms with Crippen LogP contribution in [0.2, 0.25) is 0 Å². The first-order chi connectivity index (χ1) is 11.9. The Bertz CT molecular complexity index is 1050. The number of fused-ring (bicyclic) bond motifs is 1. The normalized spacial score (nSPS) is 11.4. The minimum atomic E-state index is -0.312. The number of rotatable bonds is 5. The fraction of sp³-hybridized carbons (Fsp3) is 0.389. The molecule has 0 aliphatic rings. The van der Waals surface area contributed by atoms with Crippen LogP contribution in [-0.2, 0) is 20.6 Å². The molecule has 25 heavy (non-hydrogen) atoms. The number of thioether (sulfide) groups is 1. The van der Waals surface area contributed by atoms with Gasteiger partial charge in [-0.15, -0.1) is 11.8 Å². The molecule has 7 heteroatoms. The van der Waals surface area contributed by atoms with Crippen LogP contribution in [0.3, 0.4) is 0 Å². The van der Waals surface area contributed by atoms with Crippen LogP contribution < -0.4 is 11.2 Å². The van der Waals surface area contributed by atoms with Gasteiger partial charge < -0.3 is 4.57 Å². The Kier molecular flexibility index (Phi) is 4.85. The van der Waals surface area contributed by atoms with Gasteiger partial charge in [-0.3, -0.25) is 13.9 Å². The molecule has 0 aliphatic carbocycles. The summed E-state index contributed by atoms with van der Waals surface area (Å²) in [6, 6.07) is 6.40. The molecule has 0 spiro atoms. The molecule has 2 heterocycles. The summed E-state index contributed by atoms with van der Waals surface area (Å²) >= 11 is 1.76. The molecule has 0 bridgehead atoms. The minimum absolute atomic E-state index is 0.269. The molecule has 6 nitrogen and oxygen atoms in total. The standard InChI is InChI=1S/C18H22N4O2S/c1-12-6-7-14(13(2)10-12)25-9-5-8-22-17(23)15-16(19-11-20(15)3)21(4)18(22)24/h6-7,10-11H,5,8-9H2,1-4H3. The highest BCUT2D eigenvalue weighted by atomic mass is 32.2. The van der Waals surface area contributed by atoms with E-state index in [0.29, 0.717) is 17.7 Å². The zero-order valence-electron chi connectivity index (χ0n) is 14.9. The van der Waals surface area contributed by atoms with Gasteiger partial charge in [0.1, 0.15) is 0 Å². The van der Waals surface area contributed by atoms with E-state index in [0.717, 1.165) is 12.2 Å². The summed E-state index contributed by atoms with van der Waals surface area (Å²) in [6.07, 6.45) is 2.31. The first-order valence-corrected chi connectivity index (χ1v) is 9.19. The molecular formula is C18H22N4O2S. The predicted octanol–water partition coefficient (Wildman–Crippen LogP) is 2.23. The maximum atomic E-state index is 12.6. The number of aryl methyl sites for hydroxylation is 4. The molecule has 0 radical (unpaired) electrons. The number of benzene rings is 1. The predicted molar refractivity (Wildman–Crippen MR) is 101 cm³/mol. The van der Waals surface area contributed by atoms with Gasteiger partial charge in [0.2, 0.25) is 0 Å². The van der Waals surface area contributed by atoms with Crippen molar-refractivity contribution in [1.82, 2.24) is 18.7 Å². The monoisotopic (exact) mass is 358 g/mol. The summed E-state index contributed by atoms with van der Waals surface area (Å²) in [5.74, 6) is 0.850. The van der Waals surface area contributed by atoms with E-state index in [1.165, 1.54) is 25.2 Å². The van der Waals surface area contributed by atoms with Crippen LogP contribution in [0.4, 0.5) is 0 Å². The highest BCUT2D eigenvalue weighted by Gasteiger charge is 2.14. The second-order valence-electron chi connectivity index (χ2n) is 6.30. The van der Waals surface area contributed by atoms with Gasteiger partial charge in [-0.2, -0.15) is 0 Å². The Morgan fingerprint density at radius 1 is 1.16 bits per heavy atom.